The minimum Gasteiger partial charge on any atom is -0.480 e. The number of likely N-dealkylation sites (tertiary alicyclic amines) is 1. The SMILES string of the molecule is CC(C)C[C@H](NC(=O)CNC(=O)[C@H](CC(C)C)NC(=O)[C@H](CCC(N)=O)NC(=O)CNC(=O)[C@@H]1C[C@H](O)CN1)C(=O)N[C@@H](C)C(=O)NCC(=O)N1CCC[C@H]1C(=O)N[C@@H](CCCCN)C(=O)O. The average Bonchev–Trinajstić information content (AvgIpc) is 3.93. The van der Waals surface area contributed by atoms with Crippen LogP contribution in [0.4, 0.5) is 0 Å². The fraction of sp³-hybridized carbons (Fsp3) is 0.738. The predicted molar refractivity (Wildman–Crippen MR) is 239 cm³/mol. The molecular weight excluding hydrogens is 881 g/mol. The molecule has 0 aliphatic carbocycles. The summed E-state index contributed by atoms with van der Waals surface area (Å²) in [6.45, 7) is 7.63. The van der Waals surface area contributed by atoms with Crippen LogP contribution in [0.1, 0.15) is 98.8 Å². The van der Waals surface area contributed by atoms with Gasteiger partial charge in [-0.25, -0.2) is 4.79 Å². The number of carboxylic acid groups (broad SMARTS) is 1. The highest BCUT2D eigenvalue weighted by Gasteiger charge is 2.36. The molecule has 25 heteroatoms. The Hall–Kier alpha value is -5.95. The molecule has 15 N–H and O–H groups in total. The molecule has 2 heterocycles. The van der Waals surface area contributed by atoms with Gasteiger partial charge in [-0.3, -0.25) is 47.9 Å². The van der Waals surface area contributed by atoms with Crippen molar-refractivity contribution in [2.75, 3.05) is 39.3 Å². The highest BCUT2D eigenvalue weighted by Crippen LogP contribution is 2.18. The minimum absolute atomic E-state index is 0.0903. The molecule has 8 atom stereocenters. The maximum Gasteiger partial charge on any atom is 0.326 e. The lowest BCUT2D eigenvalue weighted by atomic mass is 10.0. The quantitative estimate of drug-likeness (QED) is 0.0313. The lowest BCUT2D eigenvalue weighted by molar-refractivity contribution is -0.144. The van der Waals surface area contributed by atoms with Gasteiger partial charge >= 0.3 is 5.97 Å². The Morgan fingerprint density at radius 1 is 0.672 bits per heavy atom. The number of β-amino-alcohol motifs (C(OH)–C–C–N with tert-alkyl or cyclic N) is 1. The summed E-state index contributed by atoms with van der Waals surface area (Å²) >= 11 is 0. The van der Waals surface area contributed by atoms with Crippen LogP contribution in [0.3, 0.4) is 0 Å². The van der Waals surface area contributed by atoms with Crippen LogP contribution in [-0.4, -0.2) is 168 Å². The Kier molecular flexibility index (Phi) is 24.7. The first-order chi connectivity index (χ1) is 31.5. The van der Waals surface area contributed by atoms with Crippen molar-refractivity contribution in [1.82, 2.24) is 52.8 Å². The Labute approximate surface area is 389 Å². The van der Waals surface area contributed by atoms with Crippen molar-refractivity contribution < 1.29 is 63.0 Å². The molecule has 2 saturated heterocycles. The number of aliphatic hydroxyl groups is 1. The van der Waals surface area contributed by atoms with E-state index < -0.39 is 133 Å². The maximum atomic E-state index is 13.4. The normalized spacial score (nSPS) is 18.9. The summed E-state index contributed by atoms with van der Waals surface area (Å²) in [6, 6.07) is -7.70. The first-order valence-corrected chi connectivity index (χ1v) is 22.8. The second kappa shape index (κ2) is 28.9. The van der Waals surface area contributed by atoms with Gasteiger partial charge < -0.3 is 74.4 Å². The van der Waals surface area contributed by atoms with Gasteiger partial charge in [0.25, 0.3) is 0 Å². The molecule has 2 fully saturated rings. The zero-order chi connectivity index (χ0) is 50.4. The summed E-state index contributed by atoms with van der Waals surface area (Å²) in [5, 5.41) is 41.9. The van der Waals surface area contributed by atoms with E-state index >= 15 is 0 Å². The number of aliphatic carboxylic acids is 1. The van der Waals surface area contributed by atoms with Crippen molar-refractivity contribution in [3.05, 3.63) is 0 Å². The summed E-state index contributed by atoms with van der Waals surface area (Å²) in [5.41, 5.74) is 10.8. The summed E-state index contributed by atoms with van der Waals surface area (Å²) in [5.74, 6) is -8.65. The fourth-order valence-electron chi connectivity index (χ4n) is 7.38. The molecule has 67 heavy (non-hydrogen) atoms. The largest absolute Gasteiger partial charge is 0.480 e. The number of unbranched alkanes of at least 4 members (excludes halogenated alkanes) is 1. The molecule has 0 unspecified atom stereocenters. The number of hydrogen-bond donors (Lipinski definition) is 13. The molecule has 0 aromatic rings. The van der Waals surface area contributed by atoms with Crippen molar-refractivity contribution in [1.29, 1.82) is 0 Å². The summed E-state index contributed by atoms with van der Waals surface area (Å²) in [7, 11) is 0. The number of rotatable bonds is 29. The first-order valence-electron chi connectivity index (χ1n) is 22.8. The first kappa shape index (κ1) is 57.2. The van der Waals surface area contributed by atoms with Crippen LogP contribution in [0.2, 0.25) is 0 Å². The molecule has 2 aliphatic heterocycles. The standard InChI is InChI=1S/C42H72N12O13/c1-22(2)15-29(53-39(63)26(11-12-32(44)56)50-33(57)19-46-37(61)28-17-25(55)18-45-28)38(62)47-20-34(58)51-30(16-23(3)4)40(64)49-24(5)36(60)48-21-35(59)54-14-8-10-31(54)41(65)52-27(42(66)67)9-6-7-13-43/h22-31,45,55H,6-21,43H2,1-5H3,(H2,44,56)(H,46,61)(H,47,62)(H,48,60)(H,49,64)(H,50,57)(H,51,58)(H,52,65)(H,53,63)(H,66,67)/t24-,25-,26-,27-,28-,29-,30-,31-/m0/s1. The zero-order valence-electron chi connectivity index (χ0n) is 39.1. The number of amides is 10. The molecule has 0 aromatic heterocycles. The fourth-order valence-corrected chi connectivity index (χ4v) is 7.38. The van der Waals surface area contributed by atoms with Gasteiger partial charge in [-0.05, 0) is 83.1 Å². The van der Waals surface area contributed by atoms with Crippen LogP contribution in [-0.2, 0) is 52.7 Å². The van der Waals surface area contributed by atoms with Crippen molar-refractivity contribution in [2.45, 2.75) is 147 Å². The molecular formula is C42H72N12O13. The van der Waals surface area contributed by atoms with E-state index in [0.717, 1.165) is 0 Å². The summed E-state index contributed by atoms with van der Waals surface area (Å²) in [4.78, 5) is 142. The van der Waals surface area contributed by atoms with Crippen molar-refractivity contribution >= 4 is 65.0 Å². The molecule has 25 nitrogen and oxygen atoms in total. The number of carbonyl (C=O) groups is 11. The molecule has 10 amide bonds. The van der Waals surface area contributed by atoms with Crippen LogP contribution < -0.4 is 59.3 Å². The van der Waals surface area contributed by atoms with E-state index in [-0.39, 0.29) is 63.5 Å². The summed E-state index contributed by atoms with van der Waals surface area (Å²) in [6.07, 6.45) is 1.14. The smallest absolute Gasteiger partial charge is 0.326 e. The average molecular weight is 953 g/mol. The second-order valence-electron chi connectivity index (χ2n) is 17.7. The van der Waals surface area contributed by atoms with Crippen LogP contribution >= 0.6 is 0 Å². The van der Waals surface area contributed by atoms with E-state index in [2.05, 4.69) is 47.9 Å². The highest BCUT2D eigenvalue weighted by atomic mass is 16.4. The van der Waals surface area contributed by atoms with Crippen LogP contribution in [0.5, 0.6) is 0 Å². The van der Waals surface area contributed by atoms with E-state index in [1.165, 1.54) is 11.8 Å². The molecule has 0 saturated carbocycles. The number of carboxylic acids is 1. The summed E-state index contributed by atoms with van der Waals surface area (Å²) < 4.78 is 0. The van der Waals surface area contributed by atoms with Gasteiger partial charge in [-0.15, -0.1) is 0 Å². The monoisotopic (exact) mass is 953 g/mol. The number of carbonyl (C=O) groups excluding carboxylic acids is 10. The number of primary amides is 1. The van der Waals surface area contributed by atoms with E-state index in [1.807, 2.05) is 0 Å². The number of aliphatic hydroxyl groups excluding tert-OH is 1. The van der Waals surface area contributed by atoms with Crippen molar-refractivity contribution in [2.24, 2.45) is 23.3 Å². The third kappa shape index (κ3) is 21.0. The third-order valence-corrected chi connectivity index (χ3v) is 10.9. The van der Waals surface area contributed by atoms with E-state index in [1.54, 1.807) is 27.7 Å². The van der Waals surface area contributed by atoms with Gasteiger partial charge in [0.15, 0.2) is 0 Å². The topological polar surface area (TPSA) is 392 Å². The molecule has 2 rings (SSSR count). The maximum absolute atomic E-state index is 13.4. The van der Waals surface area contributed by atoms with Crippen LogP contribution in [0, 0.1) is 11.8 Å². The Morgan fingerprint density at radius 3 is 1.82 bits per heavy atom. The second-order valence-corrected chi connectivity index (χ2v) is 17.7. The van der Waals surface area contributed by atoms with Gasteiger partial charge in [0.05, 0.1) is 31.8 Å². The molecule has 0 spiro atoms. The number of nitrogens with one attached hydrogen (secondary N) is 9. The molecule has 0 bridgehead atoms. The van der Waals surface area contributed by atoms with Gasteiger partial charge in [-0.1, -0.05) is 27.7 Å². The lowest BCUT2D eigenvalue weighted by Gasteiger charge is -2.26. The minimum atomic E-state index is -1.35. The molecule has 0 radical (unpaired) electrons. The number of hydrogen-bond acceptors (Lipinski definition) is 14. The van der Waals surface area contributed by atoms with E-state index in [0.29, 0.717) is 32.2 Å². The van der Waals surface area contributed by atoms with Gasteiger partial charge in [-0.2, -0.15) is 0 Å². The third-order valence-electron chi connectivity index (χ3n) is 10.9. The Morgan fingerprint density at radius 2 is 1.25 bits per heavy atom. The van der Waals surface area contributed by atoms with E-state index in [9.17, 15) is 63.0 Å². The van der Waals surface area contributed by atoms with Crippen LogP contribution in [0.15, 0.2) is 0 Å². The highest BCUT2D eigenvalue weighted by molar-refractivity contribution is 5.97. The van der Waals surface area contributed by atoms with Crippen molar-refractivity contribution in [3.8, 4) is 0 Å². The van der Waals surface area contributed by atoms with Crippen LogP contribution in [0.25, 0.3) is 0 Å². The Bertz CT molecular complexity index is 1770. The molecule has 378 valence electrons. The van der Waals surface area contributed by atoms with Gasteiger partial charge in [0.1, 0.15) is 36.3 Å². The van der Waals surface area contributed by atoms with Gasteiger partial charge in [0, 0.05) is 19.5 Å². The van der Waals surface area contributed by atoms with Crippen molar-refractivity contribution in [3.63, 3.8) is 0 Å². The predicted octanol–water partition coefficient (Wildman–Crippen LogP) is -4.94. The molecule has 2 aliphatic rings. The lowest BCUT2D eigenvalue weighted by Crippen LogP contribution is -2.57. The number of nitrogens with two attached hydrogens (primary N) is 2. The Balaban J connectivity index is 1.98. The zero-order valence-corrected chi connectivity index (χ0v) is 39.1. The molecule has 0 aromatic carbocycles. The van der Waals surface area contributed by atoms with E-state index in [4.69, 9.17) is 11.5 Å². The van der Waals surface area contributed by atoms with Gasteiger partial charge in [0.2, 0.25) is 59.1 Å². The number of nitrogens with zero attached hydrogens (tertiary/aromatic N) is 1.